The van der Waals surface area contributed by atoms with Crippen LogP contribution in [0, 0.1) is 0 Å². The van der Waals surface area contributed by atoms with Crippen LogP contribution in [0.3, 0.4) is 0 Å². The molecule has 2 saturated heterocycles. The van der Waals surface area contributed by atoms with Crippen molar-refractivity contribution >= 4 is 22.7 Å². The molecule has 1 N–H and O–H groups in total. The van der Waals surface area contributed by atoms with E-state index in [0.717, 1.165) is 55.5 Å². The summed E-state index contributed by atoms with van der Waals surface area (Å²) in [6, 6.07) is 8.07. The molecule has 0 saturated carbocycles. The molecule has 2 amide bonds. The van der Waals surface area contributed by atoms with Gasteiger partial charge in [-0.15, -0.1) is 0 Å². The summed E-state index contributed by atoms with van der Waals surface area (Å²) in [5.74, 6) is 0.404. The predicted molar refractivity (Wildman–Crippen MR) is 101 cm³/mol. The van der Waals surface area contributed by atoms with E-state index in [2.05, 4.69) is 16.0 Å². The molecule has 0 spiro atoms. The molecule has 0 atom stereocenters. The largest absolute Gasteiger partial charge is 0.361 e. The van der Waals surface area contributed by atoms with Gasteiger partial charge in [-0.1, -0.05) is 18.2 Å². The molecule has 138 valence electrons. The van der Waals surface area contributed by atoms with Gasteiger partial charge in [0, 0.05) is 56.4 Å². The molecule has 2 aliphatic heterocycles. The maximum absolute atomic E-state index is 12.7. The van der Waals surface area contributed by atoms with Crippen molar-refractivity contribution in [2.75, 3.05) is 45.8 Å². The Bertz CT molecular complexity index is 786. The van der Waals surface area contributed by atoms with E-state index in [9.17, 15) is 9.59 Å². The quantitative estimate of drug-likeness (QED) is 0.905. The van der Waals surface area contributed by atoms with Crippen molar-refractivity contribution in [1.82, 2.24) is 19.7 Å². The van der Waals surface area contributed by atoms with E-state index in [1.54, 1.807) is 0 Å². The molecule has 0 unspecified atom stereocenters. The molecule has 1 aromatic carbocycles. The number of carbonyl (C=O) groups is 2. The number of piperazine rings is 1. The number of hydrogen-bond acceptors (Lipinski definition) is 3. The van der Waals surface area contributed by atoms with Crippen LogP contribution in [0.4, 0.5) is 0 Å². The second-order valence-corrected chi connectivity index (χ2v) is 7.28. The molecule has 1 aromatic heterocycles. The molecular formula is C20H26N4O2. The highest BCUT2D eigenvalue weighted by molar-refractivity contribution is 5.89. The minimum absolute atomic E-state index is 0.167. The Balaban J connectivity index is 1.28. The molecule has 0 radical (unpaired) electrons. The van der Waals surface area contributed by atoms with Crippen molar-refractivity contribution in [2.24, 2.45) is 0 Å². The fourth-order valence-corrected chi connectivity index (χ4v) is 3.97. The lowest BCUT2D eigenvalue weighted by atomic mass is 10.1. The molecule has 3 heterocycles. The first-order chi connectivity index (χ1) is 12.7. The van der Waals surface area contributed by atoms with Crippen molar-refractivity contribution in [3.8, 4) is 0 Å². The van der Waals surface area contributed by atoms with Gasteiger partial charge in [0.25, 0.3) is 0 Å². The zero-order valence-corrected chi connectivity index (χ0v) is 15.1. The van der Waals surface area contributed by atoms with Gasteiger partial charge in [-0.3, -0.25) is 14.5 Å². The summed E-state index contributed by atoms with van der Waals surface area (Å²) in [6.07, 6.45) is 4.62. The zero-order valence-electron chi connectivity index (χ0n) is 15.1. The van der Waals surface area contributed by atoms with Gasteiger partial charge in [0.2, 0.25) is 11.8 Å². The molecule has 0 aliphatic carbocycles. The third kappa shape index (κ3) is 3.60. The monoisotopic (exact) mass is 354 g/mol. The fraction of sp³-hybridized carbons (Fsp3) is 0.500. The highest BCUT2D eigenvalue weighted by Gasteiger charge is 2.25. The van der Waals surface area contributed by atoms with E-state index in [1.165, 1.54) is 0 Å². The molecule has 2 aromatic rings. The second kappa shape index (κ2) is 7.50. The van der Waals surface area contributed by atoms with Crippen LogP contribution in [0.1, 0.15) is 18.4 Å². The SMILES string of the molecule is O=C(Cc1c[nH]c2ccccc12)N1CCN(CC(=O)N2CCCC2)CC1. The van der Waals surface area contributed by atoms with Gasteiger partial charge in [0.15, 0.2) is 0 Å². The number of hydrogen-bond donors (Lipinski definition) is 1. The smallest absolute Gasteiger partial charge is 0.236 e. The lowest BCUT2D eigenvalue weighted by molar-refractivity contribution is -0.134. The third-order valence-corrected chi connectivity index (χ3v) is 5.56. The molecular weight excluding hydrogens is 328 g/mol. The van der Waals surface area contributed by atoms with Gasteiger partial charge in [-0.25, -0.2) is 0 Å². The summed E-state index contributed by atoms with van der Waals surface area (Å²) in [5, 5.41) is 1.12. The van der Waals surface area contributed by atoms with Gasteiger partial charge < -0.3 is 14.8 Å². The standard InChI is InChI=1S/C20H26N4O2/c25-19(13-16-14-21-18-6-2-1-5-17(16)18)24-11-9-22(10-12-24)15-20(26)23-7-3-4-8-23/h1-2,5-6,14,21H,3-4,7-13,15H2. The van der Waals surface area contributed by atoms with Crippen molar-refractivity contribution in [3.63, 3.8) is 0 Å². The van der Waals surface area contributed by atoms with Crippen LogP contribution in [-0.2, 0) is 16.0 Å². The maximum atomic E-state index is 12.7. The summed E-state index contributed by atoms with van der Waals surface area (Å²) in [7, 11) is 0. The number of carbonyl (C=O) groups excluding carboxylic acids is 2. The van der Waals surface area contributed by atoms with Crippen molar-refractivity contribution in [2.45, 2.75) is 19.3 Å². The highest BCUT2D eigenvalue weighted by Crippen LogP contribution is 2.19. The first-order valence-electron chi connectivity index (χ1n) is 9.53. The average Bonchev–Trinajstić information content (AvgIpc) is 3.33. The van der Waals surface area contributed by atoms with Crippen molar-refractivity contribution in [1.29, 1.82) is 0 Å². The Labute approximate surface area is 153 Å². The Morgan fingerprint density at radius 3 is 2.35 bits per heavy atom. The van der Waals surface area contributed by atoms with Crippen LogP contribution in [0.25, 0.3) is 10.9 Å². The highest BCUT2D eigenvalue weighted by atomic mass is 16.2. The number of aromatic amines is 1. The molecule has 4 rings (SSSR count). The number of para-hydroxylation sites is 1. The average molecular weight is 354 g/mol. The van der Waals surface area contributed by atoms with E-state index < -0.39 is 0 Å². The Hall–Kier alpha value is -2.34. The predicted octanol–water partition coefficient (Wildman–Crippen LogP) is 1.48. The summed E-state index contributed by atoms with van der Waals surface area (Å²) in [6.45, 7) is 5.26. The van der Waals surface area contributed by atoms with Crippen molar-refractivity contribution < 1.29 is 9.59 Å². The maximum Gasteiger partial charge on any atom is 0.236 e. The number of amides is 2. The fourth-order valence-electron chi connectivity index (χ4n) is 3.97. The van der Waals surface area contributed by atoms with Crippen LogP contribution in [0.15, 0.2) is 30.5 Å². The first-order valence-corrected chi connectivity index (χ1v) is 9.53. The summed E-state index contributed by atoms with van der Waals surface area (Å²) in [5.41, 5.74) is 2.12. The van der Waals surface area contributed by atoms with Gasteiger partial charge in [-0.05, 0) is 24.5 Å². The molecule has 6 heteroatoms. The molecule has 2 fully saturated rings. The Morgan fingerprint density at radius 1 is 0.885 bits per heavy atom. The van der Waals surface area contributed by atoms with Gasteiger partial charge in [-0.2, -0.15) is 0 Å². The lowest BCUT2D eigenvalue weighted by Gasteiger charge is -2.35. The number of rotatable bonds is 4. The van der Waals surface area contributed by atoms with Crippen LogP contribution in [0.2, 0.25) is 0 Å². The van der Waals surface area contributed by atoms with Crippen LogP contribution < -0.4 is 0 Å². The van der Waals surface area contributed by atoms with E-state index in [4.69, 9.17) is 0 Å². The van der Waals surface area contributed by atoms with Gasteiger partial charge in [0.05, 0.1) is 13.0 Å². The Morgan fingerprint density at radius 2 is 1.58 bits per heavy atom. The number of fused-ring (bicyclic) bond motifs is 1. The number of H-pyrrole nitrogens is 1. The molecule has 26 heavy (non-hydrogen) atoms. The molecule has 0 bridgehead atoms. The van der Waals surface area contributed by atoms with E-state index >= 15 is 0 Å². The molecule has 2 aliphatic rings. The molecule has 6 nitrogen and oxygen atoms in total. The topological polar surface area (TPSA) is 59.7 Å². The van der Waals surface area contributed by atoms with Crippen LogP contribution in [0.5, 0.6) is 0 Å². The first kappa shape index (κ1) is 17.1. The van der Waals surface area contributed by atoms with E-state index in [0.29, 0.717) is 26.1 Å². The Kier molecular flexibility index (Phi) is 4.93. The van der Waals surface area contributed by atoms with E-state index in [-0.39, 0.29) is 11.8 Å². The van der Waals surface area contributed by atoms with Crippen LogP contribution in [-0.4, -0.2) is 77.3 Å². The second-order valence-electron chi connectivity index (χ2n) is 7.28. The summed E-state index contributed by atoms with van der Waals surface area (Å²) < 4.78 is 0. The minimum Gasteiger partial charge on any atom is -0.361 e. The number of aromatic nitrogens is 1. The number of nitrogens with zero attached hydrogens (tertiary/aromatic N) is 3. The van der Waals surface area contributed by atoms with Crippen molar-refractivity contribution in [3.05, 3.63) is 36.0 Å². The normalized spacial score (nSPS) is 18.6. The minimum atomic E-state index is 0.167. The number of likely N-dealkylation sites (tertiary alicyclic amines) is 1. The summed E-state index contributed by atoms with van der Waals surface area (Å²) in [4.78, 5) is 34.2. The number of nitrogens with one attached hydrogen (secondary N) is 1. The van der Waals surface area contributed by atoms with Gasteiger partial charge >= 0.3 is 0 Å². The zero-order chi connectivity index (χ0) is 17.9. The number of benzene rings is 1. The van der Waals surface area contributed by atoms with E-state index in [1.807, 2.05) is 34.2 Å². The van der Waals surface area contributed by atoms with Crippen LogP contribution >= 0.6 is 0 Å². The lowest BCUT2D eigenvalue weighted by Crippen LogP contribution is -2.51. The van der Waals surface area contributed by atoms with Gasteiger partial charge in [0.1, 0.15) is 0 Å². The summed E-state index contributed by atoms with van der Waals surface area (Å²) >= 11 is 0. The third-order valence-electron chi connectivity index (χ3n) is 5.56.